The molecule has 0 aromatic carbocycles. The number of carbonyl (C=O) groups is 2. The molecule has 1 aliphatic heterocycles. The number of H-pyrrole nitrogens is 4. The molecule has 288 valence electrons. The lowest BCUT2D eigenvalue weighted by atomic mass is 10.0. The Morgan fingerprint density at radius 3 is 1.65 bits per heavy atom. The zero-order valence-corrected chi connectivity index (χ0v) is 33.7. The zero-order valence-electron chi connectivity index (χ0n) is 33.7. The van der Waals surface area contributed by atoms with Gasteiger partial charge in [0.15, 0.2) is 0 Å². The molecule has 10 nitrogen and oxygen atoms in total. The second kappa shape index (κ2) is 17.8. The molecule has 0 fully saturated rings. The predicted octanol–water partition coefficient (Wildman–Crippen LogP) is 3.15. The molecule has 0 saturated heterocycles. The Labute approximate surface area is 319 Å². The molecule has 0 atom stereocenters. The Balaban J connectivity index is 1.65. The first-order valence-electron chi connectivity index (χ1n) is 19.2. The normalized spacial score (nSPS) is 12.2. The number of nitrogens with one attached hydrogen (secondary N) is 6. The fourth-order valence-electron chi connectivity index (χ4n) is 7.36. The van der Waals surface area contributed by atoms with Crippen molar-refractivity contribution < 1.29 is 9.59 Å². The minimum atomic E-state index is 0.0441. The van der Waals surface area contributed by atoms with Crippen molar-refractivity contribution in [3.63, 3.8) is 0 Å². The molecule has 10 heteroatoms. The first-order chi connectivity index (χ1) is 25.8. The Hall–Kier alpha value is -5.06. The van der Waals surface area contributed by atoms with Gasteiger partial charge in [-0.2, -0.15) is 0 Å². The molecule has 4 aromatic heterocycles. The van der Waals surface area contributed by atoms with Crippen molar-refractivity contribution in [1.82, 2.24) is 40.4 Å². The van der Waals surface area contributed by atoms with Crippen LogP contribution in [0.25, 0.3) is 36.5 Å². The molecule has 0 aliphatic carbocycles. The van der Waals surface area contributed by atoms with E-state index in [1.54, 1.807) is 0 Å². The van der Waals surface area contributed by atoms with Crippen molar-refractivity contribution in [3.8, 4) is 0 Å². The fraction of sp³-hybridized carbons (Fsp3) is 0.409. The van der Waals surface area contributed by atoms with E-state index in [1.807, 2.05) is 40.3 Å². The Bertz CT molecular complexity index is 2270. The zero-order chi connectivity index (χ0) is 39.1. The van der Waals surface area contributed by atoms with Gasteiger partial charge in [-0.3, -0.25) is 9.59 Å². The molecule has 54 heavy (non-hydrogen) atoms. The summed E-state index contributed by atoms with van der Waals surface area (Å²) < 4.78 is 0. The summed E-state index contributed by atoms with van der Waals surface area (Å²) in [5.41, 5.74) is 12.5. The second-order valence-corrected chi connectivity index (χ2v) is 15.1. The van der Waals surface area contributed by atoms with Crippen LogP contribution in [-0.4, -0.2) is 95.9 Å². The Morgan fingerprint density at radius 1 is 0.574 bits per heavy atom. The summed E-state index contributed by atoms with van der Waals surface area (Å²) >= 11 is 0. The van der Waals surface area contributed by atoms with Crippen LogP contribution < -0.4 is 32.0 Å². The molecular weight excluding hydrogens is 673 g/mol. The lowest BCUT2D eigenvalue weighted by molar-refractivity contribution is -0.121. The summed E-state index contributed by atoms with van der Waals surface area (Å²) in [6.07, 6.45) is 16.1. The minimum absolute atomic E-state index is 0.0441. The third kappa shape index (κ3) is 9.35. The van der Waals surface area contributed by atoms with Gasteiger partial charge in [0.05, 0.1) is 0 Å². The number of hydrogen-bond donors (Lipinski definition) is 6. The molecule has 0 spiro atoms. The van der Waals surface area contributed by atoms with Crippen LogP contribution in [0.2, 0.25) is 0 Å². The number of aromatic nitrogens is 4. The van der Waals surface area contributed by atoms with Crippen LogP contribution >= 0.6 is 0 Å². The predicted molar refractivity (Wildman–Crippen MR) is 224 cm³/mol. The van der Waals surface area contributed by atoms with E-state index in [0.717, 1.165) is 115 Å². The van der Waals surface area contributed by atoms with E-state index in [9.17, 15) is 9.59 Å². The molecule has 4 aromatic rings. The number of aromatic amines is 4. The smallest absolute Gasteiger partial charge is 0.220 e. The van der Waals surface area contributed by atoms with E-state index in [2.05, 4.69) is 106 Å². The average molecular weight is 733 g/mol. The molecular formula is C44H60N8O2. The highest BCUT2D eigenvalue weighted by Gasteiger charge is 2.17. The van der Waals surface area contributed by atoms with Crippen LogP contribution in [0.4, 0.5) is 0 Å². The van der Waals surface area contributed by atoms with Crippen molar-refractivity contribution in [2.24, 2.45) is 0 Å². The third-order valence-corrected chi connectivity index (χ3v) is 10.6. The third-order valence-electron chi connectivity index (χ3n) is 10.6. The quantitative estimate of drug-likeness (QED) is 0.0873. The van der Waals surface area contributed by atoms with Gasteiger partial charge in [0.1, 0.15) is 0 Å². The summed E-state index contributed by atoms with van der Waals surface area (Å²) in [4.78, 5) is 45.1. The molecule has 8 bridgehead atoms. The highest BCUT2D eigenvalue weighted by molar-refractivity contribution is 5.77. The van der Waals surface area contributed by atoms with Crippen LogP contribution in [0, 0.1) is 27.7 Å². The van der Waals surface area contributed by atoms with Gasteiger partial charge >= 0.3 is 0 Å². The van der Waals surface area contributed by atoms with Crippen molar-refractivity contribution in [2.75, 3.05) is 54.4 Å². The minimum Gasteiger partial charge on any atom is -0.356 e. The standard InChI is InChI=1S/C44H60N8O2/c1-11-31-27(3)35-23-36-29(5)33(15-17-43(53)45-19-13-21-51(7)8)41(49-36)26-42-34(16-18-44(54)46-20-14-22-52(9)10)30(6)38(50-42)25-40-32(12-2)28(4)37(48-40)24-39(31)47-35/h11-12,23-26,47-50H,1-2,13-22H2,3-10H3,(H,45,53)(H,46,54). The second-order valence-electron chi connectivity index (χ2n) is 15.1. The van der Waals surface area contributed by atoms with E-state index >= 15 is 0 Å². The highest BCUT2D eigenvalue weighted by atomic mass is 16.2. The van der Waals surface area contributed by atoms with Crippen LogP contribution in [0.1, 0.15) is 93.0 Å². The maximum atomic E-state index is 13.0. The average Bonchev–Trinajstić information content (AvgIpc) is 3.79. The number of rotatable bonds is 16. The monoisotopic (exact) mass is 732 g/mol. The highest BCUT2D eigenvalue weighted by Crippen LogP contribution is 2.24. The van der Waals surface area contributed by atoms with E-state index in [1.165, 1.54) is 0 Å². The molecule has 6 N–H and O–H groups in total. The molecule has 2 amide bonds. The van der Waals surface area contributed by atoms with E-state index < -0.39 is 0 Å². The molecule has 0 radical (unpaired) electrons. The van der Waals surface area contributed by atoms with Crippen molar-refractivity contribution in [1.29, 1.82) is 0 Å². The van der Waals surface area contributed by atoms with Crippen LogP contribution in [0.5, 0.6) is 0 Å². The van der Waals surface area contributed by atoms with Crippen LogP contribution in [0.15, 0.2) is 13.2 Å². The Morgan fingerprint density at radius 2 is 1.06 bits per heavy atom. The van der Waals surface area contributed by atoms with Crippen molar-refractivity contribution in [3.05, 3.63) is 102 Å². The Kier molecular flexibility index (Phi) is 13.3. The summed E-state index contributed by atoms with van der Waals surface area (Å²) in [5, 5.41) is 10.1. The van der Waals surface area contributed by atoms with Gasteiger partial charge < -0.3 is 40.4 Å². The number of amides is 2. The lowest BCUT2D eigenvalue weighted by Crippen LogP contribution is -2.27. The first-order valence-corrected chi connectivity index (χ1v) is 19.2. The number of hydrogen-bond acceptors (Lipinski definition) is 4. The van der Waals surface area contributed by atoms with Crippen molar-refractivity contribution in [2.45, 2.75) is 66.2 Å². The SMILES string of the molecule is C=Cc1c2[nH]c(c1C)C=c1[nH]c(c(CCC(=O)NCCCN(C)C)c1C)=Cc1[nH]c(c(C)c1CCC(=O)NCCCN(C)C)C=c1[nH]c(c(C)c1C=C)=C2. The lowest BCUT2D eigenvalue weighted by Gasteiger charge is -2.10. The summed E-state index contributed by atoms with van der Waals surface area (Å²) in [7, 11) is 8.16. The topological polar surface area (TPSA) is 128 Å². The molecule has 5 rings (SSSR count). The van der Waals surface area contributed by atoms with Crippen LogP contribution in [-0.2, 0) is 22.4 Å². The van der Waals surface area contributed by atoms with Gasteiger partial charge in [-0.15, -0.1) is 0 Å². The van der Waals surface area contributed by atoms with Gasteiger partial charge in [0.2, 0.25) is 11.8 Å². The number of nitrogens with zero attached hydrogens (tertiary/aromatic N) is 2. The van der Waals surface area contributed by atoms with E-state index in [0.29, 0.717) is 38.8 Å². The molecule has 1 aliphatic rings. The molecule has 0 unspecified atom stereocenters. The fourth-order valence-corrected chi connectivity index (χ4v) is 7.36. The number of carbonyl (C=O) groups excluding carboxylic acids is 2. The van der Waals surface area contributed by atoms with Crippen molar-refractivity contribution >= 4 is 48.3 Å². The summed E-state index contributed by atoms with van der Waals surface area (Å²) in [6, 6.07) is 0. The maximum Gasteiger partial charge on any atom is 0.220 e. The van der Waals surface area contributed by atoms with E-state index in [4.69, 9.17) is 0 Å². The summed E-state index contributed by atoms with van der Waals surface area (Å²) in [6.45, 7) is 19.9. The van der Waals surface area contributed by atoms with Gasteiger partial charge in [0.25, 0.3) is 0 Å². The largest absolute Gasteiger partial charge is 0.356 e. The van der Waals surface area contributed by atoms with Gasteiger partial charge in [-0.05, 0) is 152 Å². The van der Waals surface area contributed by atoms with Crippen LogP contribution in [0.3, 0.4) is 0 Å². The van der Waals surface area contributed by atoms with Gasteiger partial charge in [-0.25, -0.2) is 0 Å². The number of fused-ring (bicyclic) bond motifs is 8. The molecule has 0 saturated carbocycles. The maximum absolute atomic E-state index is 13.0. The van der Waals surface area contributed by atoms with Gasteiger partial charge in [-0.1, -0.05) is 25.3 Å². The first kappa shape index (κ1) is 40.1. The molecule has 5 heterocycles. The summed E-state index contributed by atoms with van der Waals surface area (Å²) in [5.74, 6) is 0.0891. The van der Waals surface area contributed by atoms with E-state index in [-0.39, 0.29) is 11.8 Å². The van der Waals surface area contributed by atoms with Gasteiger partial charge in [0, 0.05) is 81.2 Å².